The molecule has 20 heavy (non-hydrogen) atoms. The zero-order chi connectivity index (χ0) is 14.5. The van der Waals surface area contributed by atoms with E-state index in [-0.39, 0.29) is 12.3 Å². The molecule has 1 heterocycles. The molecular weight excluding hydrogens is 324 g/mol. The van der Waals surface area contributed by atoms with Crippen molar-refractivity contribution < 1.29 is 14.7 Å². The lowest BCUT2D eigenvalue weighted by Crippen LogP contribution is -2.14. The zero-order valence-corrected chi connectivity index (χ0v) is 12.1. The highest BCUT2D eigenvalue weighted by atomic mass is 79.9. The standard InChI is InChI=1S/C14H13BrN2O3/c15-10-7-12(16-8-10)14(20)17-11-4-2-1-3-9(11)5-6-13(18)19/h1-4,7-8,16H,5-6H2,(H,17,20)(H,18,19). The van der Waals surface area contributed by atoms with Gasteiger partial charge in [0.05, 0.1) is 0 Å². The van der Waals surface area contributed by atoms with Crippen LogP contribution >= 0.6 is 15.9 Å². The van der Waals surface area contributed by atoms with Crippen molar-refractivity contribution in [3.05, 3.63) is 52.3 Å². The molecule has 5 nitrogen and oxygen atoms in total. The minimum absolute atomic E-state index is 0.0287. The number of hydrogen-bond acceptors (Lipinski definition) is 2. The predicted molar refractivity (Wildman–Crippen MR) is 78.8 cm³/mol. The number of carboxylic acids is 1. The fraction of sp³-hybridized carbons (Fsp3) is 0.143. The van der Waals surface area contributed by atoms with Crippen LogP contribution in [-0.2, 0) is 11.2 Å². The minimum Gasteiger partial charge on any atom is -0.481 e. The van der Waals surface area contributed by atoms with E-state index in [4.69, 9.17) is 5.11 Å². The van der Waals surface area contributed by atoms with E-state index in [1.165, 1.54) is 0 Å². The van der Waals surface area contributed by atoms with Crippen LogP contribution in [0.3, 0.4) is 0 Å². The molecule has 0 atom stereocenters. The van der Waals surface area contributed by atoms with Crippen molar-refractivity contribution in [2.75, 3.05) is 5.32 Å². The molecule has 1 amide bonds. The van der Waals surface area contributed by atoms with Crippen molar-refractivity contribution in [3.8, 4) is 0 Å². The average Bonchev–Trinajstić information content (AvgIpc) is 2.84. The van der Waals surface area contributed by atoms with Crippen LogP contribution in [-0.4, -0.2) is 22.0 Å². The van der Waals surface area contributed by atoms with Gasteiger partial charge in [-0.2, -0.15) is 0 Å². The topological polar surface area (TPSA) is 82.2 Å². The summed E-state index contributed by atoms with van der Waals surface area (Å²) in [4.78, 5) is 25.5. The van der Waals surface area contributed by atoms with Crippen LogP contribution in [0.5, 0.6) is 0 Å². The molecule has 0 saturated heterocycles. The highest BCUT2D eigenvalue weighted by Crippen LogP contribution is 2.18. The summed E-state index contributed by atoms with van der Waals surface area (Å²) in [7, 11) is 0. The number of para-hydroxylation sites is 1. The molecule has 0 saturated carbocycles. The van der Waals surface area contributed by atoms with Crippen molar-refractivity contribution in [2.45, 2.75) is 12.8 Å². The van der Waals surface area contributed by atoms with Crippen LogP contribution in [0.2, 0.25) is 0 Å². The first-order valence-electron chi connectivity index (χ1n) is 6.01. The summed E-state index contributed by atoms with van der Waals surface area (Å²) in [6.07, 6.45) is 2.08. The first-order valence-corrected chi connectivity index (χ1v) is 6.80. The number of H-pyrrole nitrogens is 1. The lowest BCUT2D eigenvalue weighted by Gasteiger charge is -2.09. The minimum atomic E-state index is -0.862. The number of aryl methyl sites for hydroxylation is 1. The average molecular weight is 337 g/mol. The van der Waals surface area contributed by atoms with Gasteiger partial charge in [-0.05, 0) is 40.0 Å². The molecule has 1 aromatic carbocycles. The maximum atomic E-state index is 12.0. The summed E-state index contributed by atoms with van der Waals surface area (Å²) in [5.74, 6) is -1.13. The number of aromatic nitrogens is 1. The van der Waals surface area contributed by atoms with Gasteiger partial charge in [0, 0.05) is 22.8 Å². The number of aromatic amines is 1. The number of rotatable bonds is 5. The summed E-state index contributed by atoms with van der Waals surface area (Å²) >= 11 is 3.26. The van der Waals surface area contributed by atoms with E-state index in [1.807, 2.05) is 12.1 Å². The van der Waals surface area contributed by atoms with Gasteiger partial charge in [0.25, 0.3) is 5.91 Å². The molecule has 1 aromatic heterocycles. The van der Waals surface area contributed by atoms with E-state index >= 15 is 0 Å². The number of aliphatic carboxylic acids is 1. The summed E-state index contributed by atoms with van der Waals surface area (Å²) in [5, 5.41) is 11.5. The summed E-state index contributed by atoms with van der Waals surface area (Å²) in [5.41, 5.74) is 1.86. The van der Waals surface area contributed by atoms with Gasteiger partial charge in [-0.1, -0.05) is 18.2 Å². The highest BCUT2D eigenvalue weighted by Gasteiger charge is 2.11. The molecule has 2 rings (SSSR count). The van der Waals surface area contributed by atoms with Gasteiger partial charge in [-0.3, -0.25) is 9.59 Å². The Labute approximate surface area is 124 Å². The van der Waals surface area contributed by atoms with Crippen LogP contribution in [0.1, 0.15) is 22.5 Å². The third kappa shape index (κ3) is 3.71. The van der Waals surface area contributed by atoms with E-state index < -0.39 is 5.97 Å². The van der Waals surface area contributed by atoms with E-state index in [1.54, 1.807) is 24.4 Å². The number of carbonyl (C=O) groups is 2. The maximum Gasteiger partial charge on any atom is 0.303 e. The number of benzene rings is 1. The Hall–Kier alpha value is -2.08. The molecule has 0 aliphatic carbocycles. The summed E-state index contributed by atoms with van der Waals surface area (Å²) in [6, 6.07) is 8.86. The van der Waals surface area contributed by atoms with Gasteiger partial charge in [0.2, 0.25) is 0 Å². The molecule has 0 aliphatic heterocycles. The van der Waals surface area contributed by atoms with E-state index in [9.17, 15) is 9.59 Å². The number of amides is 1. The zero-order valence-electron chi connectivity index (χ0n) is 10.5. The second-order valence-corrected chi connectivity index (χ2v) is 5.15. The fourth-order valence-corrected chi connectivity index (χ4v) is 2.13. The molecule has 0 unspecified atom stereocenters. The number of anilines is 1. The van der Waals surface area contributed by atoms with Crippen LogP contribution < -0.4 is 5.32 Å². The maximum absolute atomic E-state index is 12.0. The molecule has 3 N–H and O–H groups in total. The normalized spacial score (nSPS) is 10.2. The molecular formula is C14H13BrN2O3. The van der Waals surface area contributed by atoms with Crippen molar-refractivity contribution in [1.29, 1.82) is 0 Å². The highest BCUT2D eigenvalue weighted by molar-refractivity contribution is 9.10. The molecule has 0 aliphatic rings. The van der Waals surface area contributed by atoms with Gasteiger partial charge >= 0.3 is 5.97 Å². The monoisotopic (exact) mass is 336 g/mol. The van der Waals surface area contributed by atoms with Crippen LogP contribution in [0.4, 0.5) is 5.69 Å². The van der Waals surface area contributed by atoms with E-state index in [0.717, 1.165) is 10.0 Å². The predicted octanol–water partition coefficient (Wildman–Crippen LogP) is 3.05. The Morgan fingerprint density at radius 1 is 1.30 bits per heavy atom. The SMILES string of the molecule is O=C(O)CCc1ccccc1NC(=O)c1cc(Br)c[nH]1. The number of carbonyl (C=O) groups excluding carboxylic acids is 1. The first-order chi connectivity index (χ1) is 9.56. The van der Waals surface area contributed by atoms with Crippen molar-refractivity contribution >= 4 is 33.5 Å². The molecule has 104 valence electrons. The third-order valence-electron chi connectivity index (χ3n) is 2.77. The number of halogens is 1. The van der Waals surface area contributed by atoms with Gasteiger partial charge < -0.3 is 15.4 Å². The van der Waals surface area contributed by atoms with Gasteiger partial charge in [-0.15, -0.1) is 0 Å². The van der Waals surface area contributed by atoms with E-state index in [2.05, 4.69) is 26.2 Å². The molecule has 0 spiro atoms. The molecule has 0 radical (unpaired) electrons. The van der Waals surface area contributed by atoms with Gasteiger partial charge in [0.1, 0.15) is 5.69 Å². The lowest BCUT2D eigenvalue weighted by atomic mass is 10.1. The quantitative estimate of drug-likeness (QED) is 0.784. The number of hydrogen-bond donors (Lipinski definition) is 3. The first kappa shape index (κ1) is 14.3. The summed E-state index contributed by atoms with van der Waals surface area (Å²) < 4.78 is 0.793. The van der Waals surface area contributed by atoms with Crippen LogP contribution in [0.25, 0.3) is 0 Å². The molecule has 6 heteroatoms. The Balaban J connectivity index is 2.12. The largest absolute Gasteiger partial charge is 0.481 e. The van der Waals surface area contributed by atoms with Crippen molar-refractivity contribution in [3.63, 3.8) is 0 Å². The Morgan fingerprint density at radius 2 is 2.05 bits per heavy atom. The van der Waals surface area contributed by atoms with Gasteiger partial charge in [0.15, 0.2) is 0 Å². The molecule has 0 bridgehead atoms. The Kier molecular flexibility index (Phi) is 4.57. The van der Waals surface area contributed by atoms with E-state index in [0.29, 0.717) is 17.8 Å². The fourth-order valence-electron chi connectivity index (χ4n) is 1.79. The van der Waals surface area contributed by atoms with Crippen molar-refractivity contribution in [1.82, 2.24) is 4.98 Å². The second kappa shape index (κ2) is 6.38. The van der Waals surface area contributed by atoms with Crippen LogP contribution in [0.15, 0.2) is 41.0 Å². The lowest BCUT2D eigenvalue weighted by molar-refractivity contribution is -0.136. The van der Waals surface area contributed by atoms with Crippen molar-refractivity contribution in [2.24, 2.45) is 0 Å². The molecule has 2 aromatic rings. The Morgan fingerprint density at radius 3 is 2.70 bits per heavy atom. The van der Waals surface area contributed by atoms with Gasteiger partial charge in [-0.25, -0.2) is 0 Å². The molecule has 0 fully saturated rings. The number of carboxylic acid groups (broad SMARTS) is 1. The third-order valence-corrected chi connectivity index (χ3v) is 3.22. The summed E-state index contributed by atoms with van der Waals surface area (Å²) in [6.45, 7) is 0. The Bertz CT molecular complexity index is 637. The second-order valence-electron chi connectivity index (χ2n) is 4.24. The number of nitrogens with one attached hydrogen (secondary N) is 2. The smallest absolute Gasteiger partial charge is 0.303 e. The van der Waals surface area contributed by atoms with Crippen LogP contribution in [0, 0.1) is 0 Å².